The molecule has 1 aliphatic carbocycles. The molecule has 0 saturated heterocycles. The summed E-state index contributed by atoms with van der Waals surface area (Å²) in [6, 6.07) is 16.9. The third kappa shape index (κ3) is 3.85. The number of Topliss-reactive ketones (excluding diaryl/α,β-unsaturated/α-hetero) is 1. The molecule has 6 nitrogen and oxygen atoms in total. The highest BCUT2D eigenvalue weighted by Crippen LogP contribution is 2.46. The van der Waals surface area contributed by atoms with Gasteiger partial charge in [0, 0.05) is 23.4 Å². The summed E-state index contributed by atoms with van der Waals surface area (Å²) in [5.41, 5.74) is 3.55. The third-order valence-corrected chi connectivity index (χ3v) is 6.62. The van der Waals surface area contributed by atoms with Crippen LogP contribution >= 0.6 is 11.8 Å². The fourth-order valence-electron chi connectivity index (χ4n) is 4.38. The van der Waals surface area contributed by atoms with Gasteiger partial charge in [0.05, 0.1) is 0 Å². The molecule has 2 N–H and O–H groups in total. The number of aromatic hydroxyl groups is 1. The lowest BCUT2D eigenvalue weighted by Crippen LogP contribution is -2.36. The normalized spacial score (nSPS) is 19.5. The van der Waals surface area contributed by atoms with E-state index in [9.17, 15) is 9.90 Å². The van der Waals surface area contributed by atoms with E-state index in [0.717, 1.165) is 29.0 Å². The highest BCUT2D eigenvalue weighted by atomic mass is 32.2. The van der Waals surface area contributed by atoms with Crippen LogP contribution in [0.25, 0.3) is 0 Å². The first-order chi connectivity index (χ1) is 14.9. The summed E-state index contributed by atoms with van der Waals surface area (Å²) < 4.78 is 1.79. The van der Waals surface area contributed by atoms with Crippen molar-refractivity contribution in [1.82, 2.24) is 14.8 Å². The second kappa shape index (κ2) is 7.57. The van der Waals surface area contributed by atoms with Gasteiger partial charge in [-0.05, 0) is 35.1 Å². The van der Waals surface area contributed by atoms with Crippen molar-refractivity contribution in [3.8, 4) is 5.75 Å². The number of thioether (sulfide) groups is 1. The Bertz CT molecular complexity index is 1180. The summed E-state index contributed by atoms with van der Waals surface area (Å²) in [4.78, 5) is 17.9. The number of aromatic nitrogens is 3. The molecule has 0 bridgehead atoms. The zero-order valence-corrected chi connectivity index (χ0v) is 18.3. The topological polar surface area (TPSA) is 80.0 Å². The molecule has 0 spiro atoms. The van der Waals surface area contributed by atoms with E-state index in [2.05, 4.69) is 31.3 Å². The highest BCUT2D eigenvalue weighted by Gasteiger charge is 2.41. The molecular formula is C24H24N4O2S. The van der Waals surface area contributed by atoms with Crippen LogP contribution in [0, 0.1) is 5.41 Å². The number of hydrogen-bond acceptors (Lipinski definition) is 6. The monoisotopic (exact) mass is 432 g/mol. The van der Waals surface area contributed by atoms with Crippen LogP contribution in [0.4, 0.5) is 5.95 Å². The van der Waals surface area contributed by atoms with Crippen LogP contribution < -0.4 is 5.32 Å². The van der Waals surface area contributed by atoms with Crippen LogP contribution in [0.1, 0.15) is 43.9 Å². The van der Waals surface area contributed by atoms with Crippen molar-refractivity contribution in [3.05, 3.63) is 77.0 Å². The van der Waals surface area contributed by atoms with Gasteiger partial charge in [-0.25, -0.2) is 4.68 Å². The zero-order chi connectivity index (χ0) is 21.6. The molecule has 3 aromatic rings. The molecule has 2 aromatic carbocycles. The maximum absolute atomic E-state index is 13.2. The Balaban J connectivity index is 1.55. The molecule has 0 amide bonds. The minimum Gasteiger partial charge on any atom is -0.508 e. The number of hydrogen-bond donors (Lipinski definition) is 2. The van der Waals surface area contributed by atoms with Gasteiger partial charge >= 0.3 is 0 Å². The fourth-order valence-corrected chi connectivity index (χ4v) is 5.16. The van der Waals surface area contributed by atoms with Crippen molar-refractivity contribution >= 4 is 23.5 Å². The minimum absolute atomic E-state index is 0.112. The average Bonchev–Trinajstić information content (AvgIpc) is 3.13. The van der Waals surface area contributed by atoms with Crippen molar-refractivity contribution < 1.29 is 9.90 Å². The SMILES string of the molecule is CC1(C)CC(=O)C2=C(C1)Nc1nc(SCc3ccccc3)nn1[C@@H]2c1cccc(O)c1. The first-order valence-electron chi connectivity index (χ1n) is 10.4. The Morgan fingerprint density at radius 3 is 2.74 bits per heavy atom. The van der Waals surface area contributed by atoms with E-state index < -0.39 is 6.04 Å². The van der Waals surface area contributed by atoms with Gasteiger partial charge in [-0.1, -0.05) is 68.1 Å². The summed E-state index contributed by atoms with van der Waals surface area (Å²) in [6.45, 7) is 4.22. The molecule has 2 heterocycles. The minimum atomic E-state index is -0.402. The molecule has 0 radical (unpaired) electrons. The molecule has 7 heteroatoms. The van der Waals surface area contributed by atoms with Crippen molar-refractivity contribution in [3.63, 3.8) is 0 Å². The molecular weight excluding hydrogens is 408 g/mol. The summed E-state index contributed by atoms with van der Waals surface area (Å²) in [5.74, 6) is 1.68. The second-order valence-electron chi connectivity index (χ2n) is 8.89. The lowest BCUT2D eigenvalue weighted by atomic mass is 9.73. The van der Waals surface area contributed by atoms with Crippen LogP contribution in [0.3, 0.4) is 0 Å². The molecule has 2 aliphatic rings. The lowest BCUT2D eigenvalue weighted by molar-refractivity contribution is -0.118. The number of carbonyl (C=O) groups excluding carboxylic acids is 1. The molecule has 158 valence electrons. The van der Waals surface area contributed by atoms with Crippen molar-refractivity contribution in [2.45, 2.75) is 43.6 Å². The Kier molecular flexibility index (Phi) is 4.85. The number of allylic oxidation sites excluding steroid dienone is 2. The Labute approximate surface area is 185 Å². The summed E-state index contributed by atoms with van der Waals surface area (Å²) in [6.07, 6.45) is 1.26. The number of ketones is 1. The number of anilines is 1. The van der Waals surface area contributed by atoms with Gasteiger partial charge in [0.1, 0.15) is 11.8 Å². The number of carbonyl (C=O) groups is 1. The van der Waals surface area contributed by atoms with Crippen LogP contribution in [0.15, 0.2) is 71.0 Å². The van der Waals surface area contributed by atoms with Gasteiger partial charge < -0.3 is 10.4 Å². The maximum Gasteiger partial charge on any atom is 0.227 e. The van der Waals surface area contributed by atoms with E-state index in [0.29, 0.717) is 17.5 Å². The molecule has 1 aliphatic heterocycles. The van der Waals surface area contributed by atoms with E-state index in [4.69, 9.17) is 10.1 Å². The number of benzene rings is 2. The molecule has 0 saturated carbocycles. The third-order valence-electron chi connectivity index (χ3n) is 5.71. The van der Waals surface area contributed by atoms with Gasteiger partial charge in [0.2, 0.25) is 11.1 Å². The Morgan fingerprint density at radius 2 is 1.97 bits per heavy atom. The molecule has 31 heavy (non-hydrogen) atoms. The number of nitrogens with zero attached hydrogens (tertiary/aromatic N) is 3. The maximum atomic E-state index is 13.2. The second-order valence-corrected chi connectivity index (χ2v) is 9.84. The lowest BCUT2D eigenvalue weighted by Gasteiger charge is -2.38. The molecule has 0 unspecified atom stereocenters. The van der Waals surface area contributed by atoms with E-state index in [-0.39, 0.29) is 16.9 Å². The zero-order valence-electron chi connectivity index (χ0n) is 17.5. The number of phenols is 1. The van der Waals surface area contributed by atoms with E-state index in [1.54, 1.807) is 34.6 Å². The van der Waals surface area contributed by atoms with Gasteiger partial charge in [-0.15, -0.1) is 5.10 Å². The number of nitrogens with one attached hydrogen (secondary N) is 1. The predicted molar refractivity (Wildman–Crippen MR) is 121 cm³/mol. The van der Waals surface area contributed by atoms with Crippen molar-refractivity contribution in [1.29, 1.82) is 0 Å². The van der Waals surface area contributed by atoms with E-state index >= 15 is 0 Å². The van der Waals surface area contributed by atoms with Crippen molar-refractivity contribution in [2.75, 3.05) is 5.32 Å². The number of rotatable bonds is 4. The Hall–Kier alpha value is -3.06. The van der Waals surface area contributed by atoms with Crippen molar-refractivity contribution in [2.24, 2.45) is 5.41 Å². The summed E-state index contributed by atoms with van der Waals surface area (Å²) in [7, 11) is 0. The van der Waals surface area contributed by atoms with E-state index in [1.807, 2.05) is 24.3 Å². The van der Waals surface area contributed by atoms with Crippen LogP contribution in [-0.2, 0) is 10.5 Å². The standard InChI is InChI=1S/C24H24N4O2S/c1-24(2)12-18-20(19(30)13-24)21(16-9-6-10-17(29)11-16)28-22(25-18)26-23(27-28)31-14-15-7-4-3-5-8-15/h3-11,21,29H,12-14H2,1-2H3,(H,25,26,27)/t21-/m1/s1. The van der Waals surface area contributed by atoms with Gasteiger partial charge in [0.25, 0.3) is 0 Å². The predicted octanol–water partition coefficient (Wildman–Crippen LogP) is 4.93. The summed E-state index contributed by atoms with van der Waals surface area (Å²) in [5, 5.41) is 18.9. The molecule has 1 aromatic heterocycles. The van der Waals surface area contributed by atoms with Gasteiger partial charge in [-0.3, -0.25) is 4.79 Å². The largest absolute Gasteiger partial charge is 0.508 e. The molecule has 0 fully saturated rings. The average molecular weight is 433 g/mol. The van der Waals surface area contributed by atoms with Crippen LogP contribution in [0.5, 0.6) is 5.75 Å². The highest BCUT2D eigenvalue weighted by molar-refractivity contribution is 7.98. The van der Waals surface area contributed by atoms with Gasteiger partial charge in [-0.2, -0.15) is 4.98 Å². The summed E-state index contributed by atoms with van der Waals surface area (Å²) >= 11 is 1.57. The molecule has 5 rings (SSSR count). The fraction of sp³-hybridized carbons (Fsp3) is 0.292. The Morgan fingerprint density at radius 1 is 1.16 bits per heavy atom. The first-order valence-corrected chi connectivity index (χ1v) is 11.3. The number of fused-ring (bicyclic) bond motifs is 1. The van der Waals surface area contributed by atoms with E-state index in [1.165, 1.54) is 5.56 Å². The van der Waals surface area contributed by atoms with Crippen LogP contribution in [-0.4, -0.2) is 25.7 Å². The van der Waals surface area contributed by atoms with Crippen LogP contribution in [0.2, 0.25) is 0 Å². The first kappa shape index (κ1) is 19.9. The smallest absolute Gasteiger partial charge is 0.227 e. The quantitative estimate of drug-likeness (QED) is 0.569. The molecule has 1 atom stereocenters. The number of phenolic OH excluding ortho intramolecular Hbond substituents is 1. The van der Waals surface area contributed by atoms with Gasteiger partial charge in [0.15, 0.2) is 5.78 Å².